The molecule has 0 atom stereocenters. The summed E-state index contributed by atoms with van der Waals surface area (Å²) in [5, 5.41) is 0. The fourth-order valence-corrected chi connectivity index (χ4v) is 2.00. The fraction of sp³-hybridized carbons (Fsp3) is 0.846. The third kappa shape index (κ3) is 3.96. The second-order valence-corrected chi connectivity index (χ2v) is 5.54. The van der Waals surface area contributed by atoms with Crippen LogP contribution in [0.25, 0.3) is 0 Å². The van der Waals surface area contributed by atoms with Crippen LogP contribution in [0, 0.1) is 0 Å². The van der Waals surface area contributed by atoms with Crippen molar-refractivity contribution in [2.45, 2.75) is 39.7 Å². The first-order valence-corrected chi connectivity index (χ1v) is 6.07. The van der Waals surface area contributed by atoms with E-state index in [1.54, 1.807) is 0 Å². The molecule has 0 bridgehead atoms. The summed E-state index contributed by atoms with van der Waals surface area (Å²) in [5.74, 6) is 0. The molecule has 0 radical (unpaired) electrons. The van der Waals surface area contributed by atoms with Gasteiger partial charge in [-0.15, -0.1) is 0 Å². The first-order chi connectivity index (χ1) is 6.93. The molecule has 0 N–H and O–H groups in total. The highest BCUT2D eigenvalue weighted by molar-refractivity contribution is 4.97. The van der Waals surface area contributed by atoms with Crippen molar-refractivity contribution in [3.63, 3.8) is 0 Å². The van der Waals surface area contributed by atoms with Gasteiger partial charge in [0.25, 0.3) is 0 Å². The van der Waals surface area contributed by atoms with E-state index in [0.29, 0.717) is 5.54 Å². The standard InChI is InChI=1S/C13H26N2/c1-6-12(2)11-14-7-9-15(10-8-14)13(3,4)5/h2,6-11H2,1,3-5H3. The van der Waals surface area contributed by atoms with Crippen LogP contribution in [-0.2, 0) is 0 Å². The van der Waals surface area contributed by atoms with E-state index in [9.17, 15) is 0 Å². The van der Waals surface area contributed by atoms with Gasteiger partial charge in [0.2, 0.25) is 0 Å². The Bertz CT molecular complexity index is 207. The second kappa shape index (κ2) is 5.13. The van der Waals surface area contributed by atoms with Gasteiger partial charge in [0.05, 0.1) is 0 Å². The van der Waals surface area contributed by atoms with Crippen LogP contribution in [0.1, 0.15) is 34.1 Å². The van der Waals surface area contributed by atoms with E-state index in [0.717, 1.165) is 13.0 Å². The van der Waals surface area contributed by atoms with Crippen molar-refractivity contribution in [3.05, 3.63) is 12.2 Å². The van der Waals surface area contributed by atoms with Crippen LogP contribution >= 0.6 is 0 Å². The smallest absolute Gasteiger partial charge is 0.0191 e. The van der Waals surface area contributed by atoms with Crippen molar-refractivity contribution in [3.8, 4) is 0 Å². The van der Waals surface area contributed by atoms with E-state index in [1.165, 1.54) is 31.8 Å². The number of nitrogens with zero attached hydrogens (tertiary/aromatic N) is 2. The second-order valence-electron chi connectivity index (χ2n) is 5.54. The lowest BCUT2D eigenvalue weighted by molar-refractivity contribution is 0.0662. The Hall–Kier alpha value is -0.340. The summed E-state index contributed by atoms with van der Waals surface area (Å²) in [4.78, 5) is 5.09. The average Bonchev–Trinajstić information content (AvgIpc) is 2.17. The Morgan fingerprint density at radius 2 is 1.67 bits per heavy atom. The van der Waals surface area contributed by atoms with Crippen LogP contribution in [-0.4, -0.2) is 48.1 Å². The summed E-state index contributed by atoms with van der Waals surface area (Å²) in [6.07, 6.45) is 1.11. The van der Waals surface area contributed by atoms with Crippen molar-refractivity contribution < 1.29 is 0 Å². The number of hydrogen-bond acceptors (Lipinski definition) is 2. The van der Waals surface area contributed by atoms with Crippen LogP contribution in [0.5, 0.6) is 0 Å². The van der Waals surface area contributed by atoms with E-state index in [2.05, 4.69) is 44.1 Å². The highest BCUT2D eigenvalue weighted by atomic mass is 15.3. The van der Waals surface area contributed by atoms with Crippen molar-refractivity contribution in [2.75, 3.05) is 32.7 Å². The van der Waals surface area contributed by atoms with Gasteiger partial charge >= 0.3 is 0 Å². The maximum absolute atomic E-state index is 4.08. The number of hydrogen-bond donors (Lipinski definition) is 0. The van der Waals surface area contributed by atoms with Gasteiger partial charge in [-0.2, -0.15) is 0 Å². The van der Waals surface area contributed by atoms with E-state index in [-0.39, 0.29) is 0 Å². The molecule has 0 saturated carbocycles. The highest BCUT2D eigenvalue weighted by Gasteiger charge is 2.25. The van der Waals surface area contributed by atoms with E-state index >= 15 is 0 Å². The first kappa shape index (κ1) is 12.7. The predicted octanol–water partition coefficient (Wildman–Crippen LogP) is 2.37. The van der Waals surface area contributed by atoms with Crippen molar-refractivity contribution in [1.29, 1.82) is 0 Å². The Labute approximate surface area is 94.9 Å². The molecule has 1 aliphatic rings. The summed E-state index contributed by atoms with van der Waals surface area (Å²) in [5.41, 5.74) is 1.69. The quantitative estimate of drug-likeness (QED) is 0.660. The van der Waals surface area contributed by atoms with E-state index < -0.39 is 0 Å². The highest BCUT2D eigenvalue weighted by Crippen LogP contribution is 2.16. The molecule has 1 saturated heterocycles. The van der Waals surface area contributed by atoms with Crippen molar-refractivity contribution in [2.24, 2.45) is 0 Å². The van der Waals surface area contributed by atoms with Crippen LogP contribution in [0.3, 0.4) is 0 Å². The molecule has 0 unspecified atom stereocenters. The van der Waals surface area contributed by atoms with Gasteiger partial charge in [0.15, 0.2) is 0 Å². The maximum atomic E-state index is 4.08. The molecule has 1 fully saturated rings. The van der Waals surface area contributed by atoms with Crippen molar-refractivity contribution in [1.82, 2.24) is 9.80 Å². The summed E-state index contributed by atoms with van der Waals surface area (Å²) < 4.78 is 0. The molecular weight excluding hydrogens is 184 g/mol. The molecule has 0 aliphatic carbocycles. The number of rotatable bonds is 3. The molecule has 15 heavy (non-hydrogen) atoms. The first-order valence-electron chi connectivity index (χ1n) is 6.07. The average molecular weight is 210 g/mol. The topological polar surface area (TPSA) is 6.48 Å². The minimum Gasteiger partial charge on any atom is -0.297 e. The zero-order valence-electron chi connectivity index (χ0n) is 10.8. The summed E-state index contributed by atoms with van der Waals surface area (Å²) in [6.45, 7) is 19.0. The maximum Gasteiger partial charge on any atom is 0.0191 e. The van der Waals surface area contributed by atoms with Crippen LogP contribution in [0.4, 0.5) is 0 Å². The molecule has 2 heteroatoms. The van der Waals surface area contributed by atoms with Gasteiger partial charge in [0.1, 0.15) is 0 Å². The minimum atomic E-state index is 0.327. The molecule has 0 amide bonds. The minimum absolute atomic E-state index is 0.327. The van der Waals surface area contributed by atoms with Gasteiger partial charge in [-0.25, -0.2) is 0 Å². The van der Waals surface area contributed by atoms with Gasteiger partial charge in [0, 0.05) is 38.3 Å². The van der Waals surface area contributed by atoms with Gasteiger partial charge in [-0.05, 0) is 27.2 Å². The molecule has 0 aromatic carbocycles. The normalized spacial score (nSPS) is 20.5. The molecule has 88 valence electrons. The van der Waals surface area contributed by atoms with E-state index in [1.807, 2.05) is 0 Å². The lowest BCUT2D eigenvalue weighted by atomic mass is 10.0. The van der Waals surface area contributed by atoms with Gasteiger partial charge < -0.3 is 0 Å². The van der Waals surface area contributed by atoms with Crippen molar-refractivity contribution >= 4 is 0 Å². The van der Waals surface area contributed by atoms with Gasteiger partial charge in [-0.3, -0.25) is 9.80 Å². The third-order valence-electron chi connectivity index (χ3n) is 3.27. The zero-order valence-corrected chi connectivity index (χ0v) is 10.8. The summed E-state index contributed by atoms with van der Waals surface area (Å²) in [7, 11) is 0. The fourth-order valence-electron chi connectivity index (χ4n) is 2.00. The SMILES string of the molecule is C=C(CC)CN1CCN(C(C)(C)C)CC1. The Balaban J connectivity index is 2.33. The molecule has 1 aliphatic heterocycles. The van der Waals surface area contributed by atoms with Crippen LogP contribution in [0.15, 0.2) is 12.2 Å². The molecule has 0 spiro atoms. The van der Waals surface area contributed by atoms with Crippen LogP contribution in [0.2, 0.25) is 0 Å². The molecule has 1 heterocycles. The number of piperazine rings is 1. The third-order valence-corrected chi connectivity index (χ3v) is 3.27. The predicted molar refractivity (Wildman–Crippen MR) is 67.2 cm³/mol. The molecular formula is C13H26N2. The summed E-state index contributed by atoms with van der Waals surface area (Å²) in [6, 6.07) is 0. The zero-order chi connectivity index (χ0) is 11.5. The molecule has 1 rings (SSSR count). The lowest BCUT2D eigenvalue weighted by Crippen LogP contribution is -2.53. The molecule has 0 aromatic heterocycles. The molecule has 2 nitrogen and oxygen atoms in total. The van der Waals surface area contributed by atoms with Gasteiger partial charge in [-0.1, -0.05) is 19.1 Å². The lowest BCUT2D eigenvalue weighted by Gasteiger charge is -2.42. The molecule has 0 aromatic rings. The Morgan fingerprint density at radius 1 is 1.13 bits per heavy atom. The summed E-state index contributed by atoms with van der Waals surface area (Å²) >= 11 is 0. The largest absolute Gasteiger partial charge is 0.297 e. The monoisotopic (exact) mass is 210 g/mol. The van der Waals surface area contributed by atoms with Crippen LogP contribution < -0.4 is 0 Å². The Morgan fingerprint density at radius 3 is 2.07 bits per heavy atom. The Kier molecular flexibility index (Phi) is 4.35. The van der Waals surface area contributed by atoms with E-state index in [4.69, 9.17) is 0 Å².